The van der Waals surface area contributed by atoms with Gasteiger partial charge in [-0.25, -0.2) is 14.1 Å². The van der Waals surface area contributed by atoms with E-state index in [0.717, 1.165) is 4.90 Å². The lowest BCUT2D eigenvalue weighted by molar-refractivity contribution is -0.134. The van der Waals surface area contributed by atoms with Gasteiger partial charge in [-0.05, 0) is 38.1 Å². The lowest BCUT2D eigenvalue weighted by Gasteiger charge is -2.14. The average molecular weight is 267 g/mol. The molecule has 1 fully saturated rings. The first-order chi connectivity index (χ1) is 8.90. The summed E-state index contributed by atoms with van der Waals surface area (Å²) in [6, 6.07) is 5.49. The number of rotatable bonds is 4. The van der Waals surface area contributed by atoms with Crippen molar-refractivity contribution in [3.8, 4) is 5.75 Å². The SMILES string of the molecule is CC1(C)OC(=O)N(CCOc2ccc(F)cc2)C1=O. The van der Waals surface area contributed by atoms with E-state index in [1.54, 1.807) is 0 Å². The van der Waals surface area contributed by atoms with E-state index in [2.05, 4.69) is 0 Å². The zero-order chi connectivity index (χ0) is 14.0. The summed E-state index contributed by atoms with van der Waals surface area (Å²) in [6.07, 6.45) is -0.669. The Labute approximate surface area is 109 Å². The van der Waals surface area contributed by atoms with Gasteiger partial charge in [0.2, 0.25) is 0 Å². The molecule has 2 rings (SSSR count). The van der Waals surface area contributed by atoms with Crippen LogP contribution in [0.1, 0.15) is 13.8 Å². The Morgan fingerprint density at radius 1 is 1.26 bits per heavy atom. The molecule has 1 heterocycles. The molecule has 1 aliphatic heterocycles. The molecule has 1 saturated heterocycles. The number of hydrogen-bond acceptors (Lipinski definition) is 4. The number of carbonyl (C=O) groups is 2. The molecule has 0 radical (unpaired) electrons. The molecule has 0 spiro atoms. The Balaban J connectivity index is 1.88. The van der Waals surface area contributed by atoms with Crippen LogP contribution in [0.15, 0.2) is 24.3 Å². The number of halogens is 1. The lowest BCUT2D eigenvalue weighted by atomic mass is 10.1. The molecule has 19 heavy (non-hydrogen) atoms. The van der Waals surface area contributed by atoms with Crippen molar-refractivity contribution in [2.45, 2.75) is 19.4 Å². The summed E-state index contributed by atoms with van der Waals surface area (Å²) in [5, 5.41) is 0. The predicted molar refractivity (Wildman–Crippen MR) is 64.2 cm³/mol. The third-order valence-corrected chi connectivity index (χ3v) is 2.72. The molecule has 0 bridgehead atoms. The molecule has 102 valence electrons. The van der Waals surface area contributed by atoms with Crippen LogP contribution in [-0.2, 0) is 9.53 Å². The fraction of sp³-hybridized carbons (Fsp3) is 0.385. The molecule has 0 aromatic heterocycles. The summed E-state index contributed by atoms with van der Waals surface area (Å²) >= 11 is 0. The molecule has 0 saturated carbocycles. The molecule has 0 unspecified atom stereocenters. The first-order valence-electron chi connectivity index (χ1n) is 5.83. The second kappa shape index (κ2) is 4.87. The van der Waals surface area contributed by atoms with Gasteiger partial charge in [0.15, 0.2) is 5.60 Å². The van der Waals surface area contributed by atoms with Crippen molar-refractivity contribution < 1.29 is 23.5 Å². The number of ether oxygens (including phenoxy) is 2. The predicted octanol–water partition coefficient (Wildman–Crippen LogP) is 1.96. The van der Waals surface area contributed by atoms with E-state index in [4.69, 9.17) is 9.47 Å². The third-order valence-electron chi connectivity index (χ3n) is 2.72. The molecule has 0 atom stereocenters. The number of amides is 2. The molecular weight excluding hydrogens is 253 g/mol. The van der Waals surface area contributed by atoms with Crippen molar-refractivity contribution in [3.05, 3.63) is 30.1 Å². The molecule has 5 nitrogen and oxygen atoms in total. The van der Waals surface area contributed by atoms with E-state index >= 15 is 0 Å². The number of cyclic esters (lactones) is 1. The van der Waals surface area contributed by atoms with Gasteiger partial charge < -0.3 is 9.47 Å². The first-order valence-corrected chi connectivity index (χ1v) is 5.83. The Morgan fingerprint density at radius 2 is 1.89 bits per heavy atom. The van der Waals surface area contributed by atoms with Gasteiger partial charge >= 0.3 is 6.09 Å². The van der Waals surface area contributed by atoms with E-state index in [-0.39, 0.29) is 24.9 Å². The second-order valence-corrected chi connectivity index (χ2v) is 4.64. The highest BCUT2D eigenvalue weighted by Gasteiger charge is 2.46. The van der Waals surface area contributed by atoms with Gasteiger partial charge in [-0.1, -0.05) is 0 Å². The topological polar surface area (TPSA) is 55.8 Å². The number of nitrogens with zero attached hydrogens (tertiary/aromatic N) is 1. The summed E-state index contributed by atoms with van der Waals surface area (Å²) < 4.78 is 22.9. The Hall–Kier alpha value is -2.11. The van der Waals surface area contributed by atoms with Crippen LogP contribution in [0.25, 0.3) is 0 Å². The Morgan fingerprint density at radius 3 is 2.42 bits per heavy atom. The average Bonchev–Trinajstić information content (AvgIpc) is 2.53. The second-order valence-electron chi connectivity index (χ2n) is 4.64. The van der Waals surface area contributed by atoms with E-state index in [9.17, 15) is 14.0 Å². The number of benzene rings is 1. The van der Waals surface area contributed by atoms with Crippen LogP contribution >= 0.6 is 0 Å². The molecular formula is C13H14FNO4. The molecule has 1 aromatic rings. The van der Waals surface area contributed by atoms with Gasteiger partial charge in [0, 0.05) is 0 Å². The fourth-order valence-corrected chi connectivity index (χ4v) is 1.70. The van der Waals surface area contributed by atoms with Crippen LogP contribution < -0.4 is 4.74 Å². The molecule has 0 N–H and O–H groups in total. The van der Waals surface area contributed by atoms with Crippen molar-refractivity contribution in [1.82, 2.24) is 4.90 Å². The van der Waals surface area contributed by atoms with Gasteiger partial charge in [0.05, 0.1) is 6.54 Å². The number of imide groups is 1. The zero-order valence-corrected chi connectivity index (χ0v) is 10.7. The summed E-state index contributed by atoms with van der Waals surface area (Å²) in [6.45, 7) is 3.29. The van der Waals surface area contributed by atoms with Gasteiger partial charge in [0.25, 0.3) is 5.91 Å². The van der Waals surface area contributed by atoms with Crippen LogP contribution in [0.5, 0.6) is 5.75 Å². The highest BCUT2D eigenvalue weighted by Crippen LogP contribution is 2.23. The van der Waals surface area contributed by atoms with E-state index in [0.29, 0.717) is 5.75 Å². The first kappa shape index (κ1) is 13.3. The Kier molecular flexibility index (Phi) is 3.42. The smallest absolute Gasteiger partial charge is 0.417 e. The van der Waals surface area contributed by atoms with Crippen molar-refractivity contribution in [2.24, 2.45) is 0 Å². The fourth-order valence-electron chi connectivity index (χ4n) is 1.70. The van der Waals surface area contributed by atoms with Gasteiger partial charge in [-0.2, -0.15) is 0 Å². The van der Waals surface area contributed by atoms with Gasteiger partial charge in [-0.3, -0.25) is 4.79 Å². The summed E-state index contributed by atoms with van der Waals surface area (Å²) in [4.78, 5) is 24.3. The quantitative estimate of drug-likeness (QED) is 0.836. The Bertz CT molecular complexity index is 498. The maximum Gasteiger partial charge on any atom is 0.417 e. The van der Waals surface area contributed by atoms with Crippen LogP contribution in [0, 0.1) is 5.82 Å². The van der Waals surface area contributed by atoms with Crippen molar-refractivity contribution in [3.63, 3.8) is 0 Å². The van der Waals surface area contributed by atoms with Crippen molar-refractivity contribution in [1.29, 1.82) is 0 Å². The highest BCUT2D eigenvalue weighted by molar-refractivity contribution is 6.02. The summed E-state index contributed by atoms with van der Waals surface area (Å²) in [5.74, 6) is -0.270. The molecule has 1 aliphatic rings. The van der Waals surface area contributed by atoms with Crippen molar-refractivity contribution in [2.75, 3.05) is 13.2 Å². The van der Waals surface area contributed by atoms with E-state index in [1.165, 1.54) is 38.1 Å². The monoisotopic (exact) mass is 267 g/mol. The summed E-state index contributed by atoms with van der Waals surface area (Å²) in [7, 11) is 0. The van der Waals surface area contributed by atoms with Gasteiger partial charge in [-0.15, -0.1) is 0 Å². The molecule has 6 heteroatoms. The van der Waals surface area contributed by atoms with E-state index < -0.39 is 11.7 Å². The minimum atomic E-state index is -1.12. The normalized spacial score (nSPS) is 17.5. The summed E-state index contributed by atoms with van der Waals surface area (Å²) in [5.41, 5.74) is -1.12. The van der Waals surface area contributed by atoms with Crippen LogP contribution in [0.3, 0.4) is 0 Å². The van der Waals surface area contributed by atoms with Gasteiger partial charge in [0.1, 0.15) is 18.2 Å². The highest BCUT2D eigenvalue weighted by atomic mass is 19.1. The van der Waals surface area contributed by atoms with E-state index in [1.807, 2.05) is 0 Å². The lowest BCUT2D eigenvalue weighted by Crippen LogP contribution is -2.38. The minimum absolute atomic E-state index is 0.0957. The number of carbonyl (C=O) groups excluding carboxylic acids is 2. The van der Waals surface area contributed by atoms with Crippen LogP contribution in [0.4, 0.5) is 9.18 Å². The molecule has 1 aromatic carbocycles. The maximum atomic E-state index is 12.7. The molecule has 0 aliphatic carbocycles. The van der Waals surface area contributed by atoms with Crippen molar-refractivity contribution >= 4 is 12.0 Å². The van der Waals surface area contributed by atoms with Crippen LogP contribution in [-0.4, -0.2) is 35.7 Å². The largest absolute Gasteiger partial charge is 0.492 e. The standard InChI is InChI=1S/C13H14FNO4/c1-13(2)11(16)15(12(17)19-13)7-8-18-10-5-3-9(14)4-6-10/h3-6H,7-8H2,1-2H3. The maximum absolute atomic E-state index is 12.7. The van der Waals surface area contributed by atoms with Crippen LogP contribution in [0.2, 0.25) is 0 Å². The number of hydrogen-bond donors (Lipinski definition) is 0. The zero-order valence-electron chi connectivity index (χ0n) is 10.7. The third kappa shape index (κ3) is 2.83. The minimum Gasteiger partial charge on any atom is -0.492 e. The molecule has 2 amide bonds.